The van der Waals surface area contributed by atoms with E-state index in [1.165, 1.54) is 12.8 Å². The minimum absolute atomic E-state index is 0.790. The number of hydrogen-bond acceptors (Lipinski definition) is 2. The van der Waals surface area contributed by atoms with Crippen molar-refractivity contribution >= 4 is 0 Å². The first kappa shape index (κ1) is 13.9. The summed E-state index contributed by atoms with van der Waals surface area (Å²) in [6, 6.07) is 0. The lowest BCUT2D eigenvalue weighted by Crippen LogP contribution is -2.27. The van der Waals surface area contributed by atoms with Crippen molar-refractivity contribution in [2.45, 2.75) is 40.5 Å². The smallest absolute Gasteiger partial charge is 0.00207 e. The van der Waals surface area contributed by atoms with Crippen LogP contribution in [0.15, 0.2) is 0 Å². The van der Waals surface area contributed by atoms with Gasteiger partial charge in [-0.1, -0.05) is 27.7 Å². The van der Waals surface area contributed by atoms with Gasteiger partial charge in [0, 0.05) is 0 Å². The zero-order chi connectivity index (χ0) is 10.8. The van der Waals surface area contributed by atoms with Crippen molar-refractivity contribution < 1.29 is 0 Å². The van der Waals surface area contributed by atoms with Crippen LogP contribution in [0.3, 0.4) is 0 Å². The topological polar surface area (TPSA) is 24.1 Å². The molecule has 0 saturated carbocycles. The molecule has 0 aliphatic carbocycles. The molecule has 0 aromatic carbocycles. The maximum absolute atomic E-state index is 3.50. The third-order valence-corrected chi connectivity index (χ3v) is 2.74. The van der Waals surface area contributed by atoms with Crippen molar-refractivity contribution in [3.8, 4) is 0 Å². The summed E-state index contributed by atoms with van der Waals surface area (Å²) in [6.45, 7) is 13.7. The summed E-state index contributed by atoms with van der Waals surface area (Å²) in [5, 5.41) is 6.91. The molecule has 0 aromatic heterocycles. The molecule has 0 heterocycles. The molecule has 0 spiro atoms. The van der Waals surface area contributed by atoms with Crippen LogP contribution in [0.25, 0.3) is 0 Å². The lowest BCUT2D eigenvalue weighted by molar-refractivity contribution is 0.391. The first-order valence-electron chi connectivity index (χ1n) is 6.09. The summed E-state index contributed by atoms with van der Waals surface area (Å²) >= 11 is 0. The van der Waals surface area contributed by atoms with Gasteiger partial charge < -0.3 is 10.6 Å². The Morgan fingerprint density at radius 1 is 0.929 bits per heavy atom. The Morgan fingerprint density at radius 3 is 2.14 bits per heavy atom. The van der Waals surface area contributed by atoms with E-state index in [0.29, 0.717) is 0 Å². The molecule has 86 valence electrons. The van der Waals surface area contributed by atoms with E-state index in [1.54, 1.807) is 0 Å². The number of rotatable bonds is 9. The Morgan fingerprint density at radius 2 is 1.57 bits per heavy atom. The van der Waals surface area contributed by atoms with Crippen molar-refractivity contribution in [1.82, 2.24) is 10.6 Å². The molecule has 2 nitrogen and oxygen atoms in total. The second-order valence-corrected chi connectivity index (χ2v) is 4.53. The van der Waals surface area contributed by atoms with Crippen LogP contribution >= 0.6 is 0 Å². The predicted molar refractivity (Wildman–Crippen MR) is 64.6 cm³/mol. The fraction of sp³-hybridized carbons (Fsp3) is 1.00. The van der Waals surface area contributed by atoms with E-state index < -0.39 is 0 Å². The maximum Gasteiger partial charge on any atom is -0.00207 e. The third-order valence-electron chi connectivity index (χ3n) is 2.74. The Hall–Kier alpha value is -0.0800. The third kappa shape index (κ3) is 8.52. The SMILES string of the molecule is CCCNCCCNCC(C)C(C)C. The van der Waals surface area contributed by atoms with Crippen LogP contribution in [0.2, 0.25) is 0 Å². The molecule has 0 aliphatic rings. The molecular weight excluding hydrogens is 172 g/mol. The standard InChI is InChI=1S/C12H28N2/c1-5-7-13-8-6-9-14-10-12(4)11(2)3/h11-14H,5-10H2,1-4H3. The van der Waals surface area contributed by atoms with Crippen LogP contribution in [0.4, 0.5) is 0 Å². The van der Waals surface area contributed by atoms with Gasteiger partial charge in [0.15, 0.2) is 0 Å². The zero-order valence-corrected chi connectivity index (χ0v) is 10.4. The Bertz CT molecular complexity index is 113. The molecule has 0 fully saturated rings. The fourth-order valence-corrected chi connectivity index (χ4v) is 1.21. The van der Waals surface area contributed by atoms with Gasteiger partial charge >= 0.3 is 0 Å². The largest absolute Gasteiger partial charge is 0.317 e. The van der Waals surface area contributed by atoms with Crippen LogP contribution < -0.4 is 10.6 Å². The van der Waals surface area contributed by atoms with Gasteiger partial charge in [0.2, 0.25) is 0 Å². The van der Waals surface area contributed by atoms with E-state index in [1.807, 2.05) is 0 Å². The summed E-state index contributed by atoms with van der Waals surface area (Å²) < 4.78 is 0. The molecule has 14 heavy (non-hydrogen) atoms. The molecule has 2 N–H and O–H groups in total. The van der Waals surface area contributed by atoms with E-state index in [-0.39, 0.29) is 0 Å². The van der Waals surface area contributed by atoms with Crippen molar-refractivity contribution in [2.24, 2.45) is 11.8 Å². The minimum Gasteiger partial charge on any atom is -0.317 e. The summed E-state index contributed by atoms with van der Waals surface area (Å²) in [5.74, 6) is 1.58. The van der Waals surface area contributed by atoms with Crippen molar-refractivity contribution in [3.05, 3.63) is 0 Å². The summed E-state index contributed by atoms with van der Waals surface area (Å²) in [7, 11) is 0. The van der Waals surface area contributed by atoms with Crippen LogP contribution in [0.1, 0.15) is 40.5 Å². The predicted octanol–water partition coefficient (Wildman–Crippen LogP) is 2.26. The van der Waals surface area contributed by atoms with Crippen molar-refractivity contribution in [2.75, 3.05) is 26.2 Å². The Balaban J connectivity index is 3.06. The van der Waals surface area contributed by atoms with Crippen LogP contribution in [-0.4, -0.2) is 26.2 Å². The van der Waals surface area contributed by atoms with Crippen LogP contribution in [0.5, 0.6) is 0 Å². The lowest BCUT2D eigenvalue weighted by atomic mass is 9.98. The van der Waals surface area contributed by atoms with Crippen LogP contribution in [0, 0.1) is 11.8 Å². The second-order valence-electron chi connectivity index (χ2n) is 4.53. The molecular formula is C12H28N2. The highest BCUT2D eigenvalue weighted by atomic mass is 14.9. The van der Waals surface area contributed by atoms with Crippen LogP contribution in [-0.2, 0) is 0 Å². The first-order valence-corrected chi connectivity index (χ1v) is 6.09. The minimum atomic E-state index is 0.790. The van der Waals surface area contributed by atoms with E-state index in [9.17, 15) is 0 Å². The van der Waals surface area contributed by atoms with Crippen molar-refractivity contribution in [1.29, 1.82) is 0 Å². The normalized spacial score (nSPS) is 13.5. The van der Waals surface area contributed by atoms with E-state index >= 15 is 0 Å². The summed E-state index contributed by atoms with van der Waals surface area (Å²) in [5.41, 5.74) is 0. The molecule has 0 rings (SSSR count). The second kappa shape index (κ2) is 9.47. The average Bonchev–Trinajstić information content (AvgIpc) is 2.16. The lowest BCUT2D eigenvalue weighted by Gasteiger charge is -2.15. The van der Waals surface area contributed by atoms with Gasteiger partial charge in [-0.3, -0.25) is 0 Å². The quantitative estimate of drug-likeness (QED) is 0.558. The first-order chi connectivity index (χ1) is 6.68. The maximum atomic E-state index is 3.50. The average molecular weight is 200 g/mol. The zero-order valence-electron chi connectivity index (χ0n) is 10.4. The number of hydrogen-bond donors (Lipinski definition) is 2. The van der Waals surface area contributed by atoms with Gasteiger partial charge in [-0.25, -0.2) is 0 Å². The molecule has 2 heteroatoms. The van der Waals surface area contributed by atoms with Gasteiger partial charge in [-0.2, -0.15) is 0 Å². The molecule has 1 unspecified atom stereocenters. The van der Waals surface area contributed by atoms with E-state index in [2.05, 4.69) is 38.3 Å². The number of nitrogens with one attached hydrogen (secondary N) is 2. The van der Waals surface area contributed by atoms with Gasteiger partial charge in [-0.05, 0) is 50.9 Å². The van der Waals surface area contributed by atoms with Gasteiger partial charge in [0.05, 0.1) is 0 Å². The molecule has 1 atom stereocenters. The highest BCUT2D eigenvalue weighted by Gasteiger charge is 2.04. The summed E-state index contributed by atoms with van der Waals surface area (Å²) in [4.78, 5) is 0. The molecule has 0 bridgehead atoms. The molecule has 0 aliphatic heterocycles. The van der Waals surface area contributed by atoms with Gasteiger partial charge in [-0.15, -0.1) is 0 Å². The summed E-state index contributed by atoms with van der Waals surface area (Å²) in [6.07, 6.45) is 2.47. The monoisotopic (exact) mass is 200 g/mol. The molecule has 0 aromatic rings. The highest BCUT2D eigenvalue weighted by Crippen LogP contribution is 2.07. The van der Waals surface area contributed by atoms with Gasteiger partial charge in [0.1, 0.15) is 0 Å². The van der Waals surface area contributed by atoms with Crippen molar-refractivity contribution in [3.63, 3.8) is 0 Å². The van der Waals surface area contributed by atoms with E-state index in [4.69, 9.17) is 0 Å². The fourth-order valence-electron chi connectivity index (χ4n) is 1.21. The van der Waals surface area contributed by atoms with Gasteiger partial charge in [0.25, 0.3) is 0 Å². The highest BCUT2D eigenvalue weighted by molar-refractivity contribution is 4.60. The Kier molecular flexibility index (Phi) is 9.42. The molecule has 0 saturated heterocycles. The Labute approximate surface area is 89.9 Å². The molecule has 0 radical (unpaired) electrons. The van der Waals surface area contributed by atoms with E-state index in [0.717, 1.165) is 38.0 Å². The molecule has 0 amide bonds.